The lowest BCUT2D eigenvalue weighted by Gasteiger charge is -2.21. The summed E-state index contributed by atoms with van der Waals surface area (Å²) in [4.78, 5) is 18.4. The molecule has 2 aromatic rings. The second-order valence-electron chi connectivity index (χ2n) is 6.51. The molecular formula is C16H23N5O5S2. The first-order chi connectivity index (χ1) is 13.3. The Labute approximate surface area is 167 Å². The van der Waals surface area contributed by atoms with Crippen LogP contribution in [0.3, 0.4) is 0 Å². The van der Waals surface area contributed by atoms with E-state index in [1.165, 1.54) is 16.1 Å². The second kappa shape index (κ2) is 8.62. The van der Waals surface area contributed by atoms with Crippen molar-refractivity contribution < 1.29 is 22.3 Å². The summed E-state index contributed by atoms with van der Waals surface area (Å²) < 4.78 is 37.2. The van der Waals surface area contributed by atoms with Gasteiger partial charge in [0, 0.05) is 33.1 Å². The van der Waals surface area contributed by atoms with Crippen LogP contribution in [0.2, 0.25) is 0 Å². The van der Waals surface area contributed by atoms with Crippen LogP contribution in [0.1, 0.15) is 29.6 Å². The SMILES string of the molecule is Cc1nc(CSCC(=O)N2CCCN(S(=O)(=O)c3c(C)noc3C)CC2)no1. The standard InChI is InChI=1S/C16H23N5O5S2/c1-11-16(12(2)25-18-11)28(23,24)21-6-4-5-20(7-8-21)15(22)10-27-9-14-17-13(3)26-19-14/h4-10H2,1-3H3. The molecule has 1 fully saturated rings. The van der Waals surface area contributed by atoms with Gasteiger partial charge in [-0.05, 0) is 20.3 Å². The minimum absolute atomic E-state index is 0.0261. The number of amides is 1. The van der Waals surface area contributed by atoms with Crippen molar-refractivity contribution in [3.63, 3.8) is 0 Å². The van der Waals surface area contributed by atoms with Crippen LogP contribution in [-0.2, 0) is 20.6 Å². The zero-order valence-electron chi connectivity index (χ0n) is 16.0. The average molecular weight is 430 g/mol. The topological polar surface area (TPSA) is 123 Å². The Morgan fingerprint density at radius 3 is 2.54 bits per heavy atom. The Morgan fingerprint density at radius 1 is 1.11 bits per heavy atom. The predicted molar refractivity (Wildman–Crippen MR) is 101 cm³/mol. The van der Waals surface area contributed by atoms with Crippen LogP contribution in [0.25, 0.3) is 0 Å². The monoisotopic (exact) mass is 429 g/mol. The lowest BCUT2D eigenvalue weighted by molar-refractivity contribution is -0.128. The molecule has 1 saturated heterocycles. The predicted octanol–water partition coefficient (Wildman–Crippen LogP) is 1.14. The smallest absolute Gasteiger partial charge is 0.248 e. The third-order valence-corrected chi connectivity index (χ3v) is 7.46. The van der Waals surface area contributed by atoms with Crippen LogP contribution in [0.5, 0.6) is 0 Å². The largest absolute Gasteiger partial charge is 0.360 e. The molecule has 0 unspecified atom stereocenters. The van der Waals surface area contributed by atoms with Crippen LogP contribution in [-0.4, -0.2) is 70.8 Å². The van der Waals surface area contributed by atoms with Gasteiger partial charge in [-0.15, -0.1) is 11.8 Å². The van der Waals surface area contributed by atoms with E-state index in [2.05, 4.69) is 15.3 Å². The van der Waals surface area contributed by atoms with Crippen molar-refractivity contribution in [1.29, 1.82) is 0 Å². The minimum atomic E-state index is -3.70. The molecule has 12 heteroatoms. The molecule has 0 aromatic carbocycles. The van der Waals surface area contributed by atoms with E-state index in [9.17, 15) is 13.2 Å². The molecule has 0 saturated carbocycles. The van der Waals surface area contributed by atoms with Gasteiger partial charge in [-0.1, -0.05) is 10.3 Å². The highest BCUT2D eigenvalue weighted by atomic mass is 32.2. The number of hydrogen-bond acceptors (Lipinski definition) is 9. The lowest BCUT2D eigenvalue weighted by Crippen LogP contribution is -2.38. The molecule has 10 nitrogen and oxygen atoms in total. The van der Waals surface area contributed by atoms with E-state index in [0.29, 0.717) is 49.2 Å². The zero-order valence-corrected chi connectivity index (χ0v) is 17.7. The van der Waals surface area contributed by atoms with E-state index in [0.717, 1.165) is 0 Å². The maximum absolute atomic E-state index is 12.9. The van der Waals surface area contributed by atoms with Gasteiger partial charge in [0.25, 0.3) is 0 Å². The van der Waals surface area contributed by atoms with Gasteiger partial charge in [-0.2, -0.15) is 9.29 Å². The molecule has 154 valence electrons. The fraction of sp³-hybridized carbons (Fsp3) is 0.625. The van der Waals surface area contributed by atoms with Gasteiger partial charge in [0.1, 0.15) is 10.6 Å². The Kier molecular flexibility index (Phi) is 6.40. The quantitative estimate of drug-likeness (QED) is 0.665. The number of rotatable bonds is 6. The number of thioether (sulfide) groups is 1. The first-order valence-electron chi connectivity index (χ1n) is 8.86. The molecule has 0 aliphatic carbocycles. The fourth-order valence-electron chi connectivity index (χ4n) is 3.08. The summed E-state index contributed by atoms with van der Waals surface area (Å²) in [5, 5.41) is 7.54. The molecule has 1 aliphatic heterocycles. The van der Waals surface area contributed by atoms with Crippen LogP contribution in [0.15, 0.2) is 13.9 Å². The van der Waals surface area contributed by atoms with Crippen molar-refractivity contribution in [3.8, 4) is 0 Å². The maximum atomic E-state index is 12.9. The van der Waals surface area contributed by atoms with Gasteiger partial charge < -0.3 is 13.9 Å². The summed E-state index contributed by atoms with van der Waals surface area (Å²) in [6, 6.07) is 0. The van der Waals surface area contributed by atoms with Gasteiger partial charge in [-0.3, -0.25) is 4.79 Å². The third-order valence-electron chi connectivity index (χ3n) is 4.40. The molecule has 0 N–H and O–H groups in total. The number of carbonyl (C=O) groups is 1. The van der Waals surface area contributed by atoms with E-state index >= 15 is 0 Å². The summed E-state index contributed by atoms with van der Waals surface area (Å²) in [6.07, 6.45) is 0.572. The highest BCUT2D eigenvalue weighted by Crippen LogP contribution is 2.24. The van der Waals surface area contributed by atoms with E-state index in [-0.39, 0.29) is 28.9 Å². The van der Waals surface area contributed by atoms with Crippen molar-refractivity contribution in [1.82, 2.24) is 24.5 Å². The molecule has 0 radical (unpaired) electrons. The van der Waals surface area contributed by atoms with Crippen molar-refractivity contribution in [2.75, 3.05) is 31.9 Å². The number of hydrogen-bond donors (Lipinski definition) is 0. The van der Waals surface area contributed by atoms with E-state index in [1.54, 1.807) is 25.7 Å². The lowest BCUT2D eigenvalue weighted by atomic mass is 10.4. The highest BCUT2D eigenvalue weighted by molar-refractivity contribution is 7.99. The molecule has 0 spiro atoms. The summed E-state index contributed by atoms with van der Waals surface area (Å²) in [5.41, 5.74) is 0.350. The molecule has 0 bridgehead atoms. The van der Waals surface area contributed by atoms with Crippen molar-refractivity contribution in [2.24, 2.45) is 0 Å². The second-order valence-corrected chi connectivity index (χ2v) is 9.37. The molecule has 1 amide bonds. The average Bonchev–Trinajstić information content (AvgIpc) is 3.09. The Morgan fingerprint density at radius 2 is 1.89 bits per heavy atom. The van der Waals surface area contributed by atoms with E-state index in [4.69, 9.17) is 9.05 Å². The van der Waals surface area contributed by atoms with E-state index in [1.807, 2.05) is 0 Å². The fourth-order valence-corrected chi connectivity index (χ4v) is 5.60. The molecule has 1 aliphatic rings. The normalized spacial score (nSPS) is 16.3. The molecule has 3 heterocycles. The van der Waals surface area contributed by atoms with Crippen LogP contribution in [0.4, 0.5) is 0 Å². The van der Waals surface area contributed by atoms with Gasteiger partial charge in [0.15, 0.2) is 11.6 Å². The first-order valence-corrected chi connectivity index (χ1v) is 11.5. The number of carbonyl (C=O) groups excluding carboxylic acids is 1. The highest BCUT2D eigenvalue weighted by Gasteiger charge is 2.32. The minimum Gasteiger partial charge on any atom is -0.360 e. The van der Waals surface area contributed by atoms with Crippen molar-refractivity contribution in [2.45, 2.75) is 37.8 Å². The zero-order chi connectivity index (χ0) is 20.3. The number of nitrogens with zero attached hydrogens (tertiary/aromatic N) is 5. The summed E-state index contributed by atoms with van der Waals surface area (Å²) in [5.74, 6) is 2.08. The molecule has 28 heavy (non-hydrogen) atoms. The van der Waals surface area contributed by atoms with Crippen LogP contribution < -0.4 is 0 Å². The molecule has 2 aromatic heterocycles. The van der Waals surface area contributed by atoms with Crippen LogP contribution >= 0.6 is 11.8 Å². The molecule has 0 atom stereocenters. The number of aromatic nitrogens is 3. The summed E-state index contributed by atoms with van der Waals surface area (Å²) >= 11 is 1.41. The van der Waals surface area contributed by atoms with Crippen molar-refractivity contribution in [3.05, 3.63) is 23.2 Å². The Hall–Kier alpha value is -1.92. The van der Waals surface area contributed by atoms with Crippen LogP contribution in [0, 0.1) is 20.8 Å². The molecule has 3 rings (SSSR count). The van der Waals surface area contributed by atoms with Gasteiger partial charge in [0.05, 0.1) is 11.5 Å². The summed E-state index contributed by atoms with van der Waals surface area (Å²) in [7, 11) is -3.70. The van der Waals surface area contributed by atoms with Gasteiger partial charge in [-0.25, -0.2) is 8.42 Å². The van der Waals surface area contributed by atoms with E-state index < -0.39 is 10.0 Å². The Balaban J connectivity index is 1.56. The van der Waals surface area contributed by atoms with Crippen molar-refractivity contribution >= 4 is 27.7 Å². The number of aryl methyl sites for hydroxylation is 3. The van der Waals surface area contributed by atoms with Gasteiger partial charge in [0.2, 0.25) is 21.8 Å². The Bertz CT molecular complexity index is 920. The maximum Gasteiger partial charge on any atom is 0.248 e. The molecular weight excluding hydrogens is 406 g/mol. The van der Waals surface area contributed by atoms with Gasteiger partial charge >= 0.3 is 0 Å². The first kappa shape index (κ1) is 20.8. The third kappa shape index (κ3) is 4.55. The number of sulfonamides is 1. The summed E-state index contributed by atoms with van der Waals surface area (Å²) in [6.45, 7) is 6.38.